The van der Waals surface area contributed by atoms with Crippen LogP contribution in [0.5, 0.6) is 0 Å². The van der Waals surface area contributed by atoms with E-state index in [0.717, 1.165) is 11.3 Å². The van der Waals surface area contributed by atoms with Gasteiger partial charge in [0.05, 0.1) is 0 Å². The van der Waals surface area contributed by atoms with Crippen LogP contribution in [0, 0.1) is 11.3 Å². The molecule has 0 radical (unpaired) electrons. The van der Waals surface area contributed by atoms with Crippen molar-refractivity contribution in [3.63, 3.8) is 0 Å². The summed E-state index contributed by atoms with van der Waals surface area (Å²) in [6.45, 7) is 2.32. The third-order valence-electron chi connectivity index (χ3n) is 3.82. The summed E-state index contributed by atoms with van der Waals surface area (Å²) in [5.74, 6) is 1.10. The maximum absolute atomic E-state index is 2.32. The fraction of sp³-hybridized carbons (Fsp3) is 1.00. The summed E-state index contributed by atoms with van der Waals surface area (Å²) in [4.78, 5) is 0. The first-order valence-electron chi connectivity index (χ1n) is 5.35. The highest BCUT2D eigenvalue weighted by Crippen LogP contribution is 2.57. The summed E-state index contributed by atoms with van der Waals surface area (Å²) in [7, 11) is 0. The molecule has 0 atom stereocenters. The minimum atomic E-state index is 0.907. The van der Waals surface area contributed by atoms with E-state index in [4.69, 9.17) is 0 Å². The summed E-state index contributed by atoms with van der Waals surface area (Å²) in [6.07, 6.45) is 12.3. The summed E-state index contributed by atoms with van der Waals surface area (Å²) < 4.78 is 0. The summed E-state index contributed by atoms with van der Waals surface area (Å²) in [6, 6.07) is 0. The predicted octanol–water partition coefficient (Wildman–Crippen LogP) is 3.76. The van der Waals surface area contributed by atoms with Crippen molar-refractivity contribution in [3.05, 3.63) is 0 Å². The molecule has 0 N–H and O–H groups in total. The van der Waals surface area contributed by atoms with Crippen LogP contribution in [-0.2, 0) is 0 Å². The lowest BCUT2D eigenvalue weighted by atomic mass is 9.78. The van der Waals surface area contributed by atoms with Crippen LogP contribution in [0.4, 0.5) is 0 Å². The Bertz CT molecular complexity index is 123. The van der Waals surface area contributed by atoms with Gasteiger partial charge in [0, 0.05) is 0 Å². The number of hydrogen-bond donors (Lipinski definition) is 0. The van der Waals surface area contributed by atoms with Crippen molar-refractivity contribution in [1.29, 1.82) is 0 Å². The van der Waals surface area contributed by atoms with Gasteiger partial charge in [0.25, 0.3) is 0 Å². The summed E-state index contributed by atoms with van der Waals surface area (Å²) in [5, 5.41) is 0. The molecule has 0 heterocycles. The Hall–Kier alpha value is 0. The average Bonchev–Trinajstić information content (AvgIpc) is 2.76. The van der Waals surface area contributed by atoms with Gasteiger partial charge in [-0.2, -0.15) is 0 Å². The topological polar surface area (TPSA) is 0 Å². The molecule has 0 heteroatoms. The van der Waals surface area contributed by atoms with Crippen molar-refractivity contribution in [1.82, 2.24) is 0 Å². The van der Waals surface area contributed by atoms with Crippen LogP contribution in [0.15, 0.2) is 0 Å². The molecule has 0 aliphatic heterocycles. The van der Waals surface area contributed by atoms with Gasteiger partial charge in [-0.3, -0.25) is 0 Å². The lowest BCUT2D eigenvalue weighted by molar-refractivity contribution is 0.246. The molecule has 0 aromatic carbocycles. The van der Waals surface area contributed by atoms with Crippen molar-refractivity contribution in [2.75, 3.05) is 0 Å². The Labute approximate surface area is 70.4 Å². The Kier molecular flexibility index (Phi) is 1.95. The summed E-state index contributed by atoms with van der Waals surface area (Å²) in [5.41, 5.74) is 0.907. The van der Waals surface area contributed by atoms with Gasteiger partial charge in [0.2, 0.25) is 0 Å². The van der Waals surface area contributed by atoms with Crippen LogP contribution < -0.4 is 0 Å². The van der Waals surface area contributed by atoms with Crippen LogP contribution in [0.25, 0.3) is 0 Å². The first-order chi connectivity index (χ1) is 5.35. The molecule has 0 amide bonds. The minimum absolute atomic E-state index is 0.907. The van der Waals surface area contributed by atoms with E-state index in [1.807, 2.05) is 0 Å². The standard InChI is InChI=1S/C11H20/c1-2-3-10-4-6-11(7-5-10)8-9-11/h10H,2-9H2,1H3. The molecule has 2 aliphatic carbocycles. The average molecular weight is 152 g/mol. The zero-order valence-electron chi connectivity index (χ0n) is 7.73. The van der Waals surface area contributed by atoms with Crippen LogP contribution >= 0.6 is 0 Å². The van der Waals surface area contributed by atoms with E-state index >= 15 is 0 Å². The maximum Gasteiger partial charge on any atom is -0.0297 e. The Balaban J connectivity index is 1.75. The van der Waals surface area contributed by atoms with E-state index < -0.39 is 0 Å². The van der Waals surface area contributed by atoms with Gasteiger partial charge in [-0.1, -0.05) is 19.8 Å². The van der Waals surface area contributed by atoms with Crippen LogP contribution in [0.1, 0.15) is 58.3 Å². The first kappa shape index (κ1) is 7.64. The molecule has 1 spiro atoms. The SMILES string of the molecule is CCCC1CCC2(CC1)CC2. The molecule has 11 heavy (non-hydrogen) atoms. The molecule has 0 nitrogen and oxygen atoms in total. The molecular formula is C11H20. The van der Waals surface area contributed by atoms with Crippen molar-refractivity contribution in [2.24, 2.45) is 11.3 Å². The minimum Gasteiger partial charge on any atom is -0.0654 e. The Morgan fingerprint density at radius 3 is 2.18 bits per heavy atom. The van der Waals surface area contributed by atoms with E-state index in [-0.39, 0.29) is 0 Å². The van der Waals surface area contributed by atoms with Gasteiger partial charge in [-0.15, -0.1) is 0 Å². The lowest BCUT2D eigenvalue weighted by Gasteiger charge is -2.27. The monoisotopic (exact) mass is 152 g/mol. The third kappa shape index (κ3) is 1.60. The van der Waals surface area contributed by atoms with E-state index in [1.165, 1.54) is 12.8 Å². The molecule has 0 unspecified atom stereocenters. The molecule has 0 aromatic rings. The van der Waals surface area contributed by atoms with Gasteiger partial charge in [0.1, 0.15) is 0 Å². The molecule has 0 saturated heterocycles. The van der Waals surface area contributed by atoms with Crippen molar-refractivity contribution >= 4 is 0 Å². The smallest absolute Gasteiger partial charge is 0.0297 e. The van der Waals surface area contributed by atoms with Crippen molar-refractivity contribution in [2.45, 2.75) is 58.3 Å². The second-order valence-electron chi connectivity index (χ2n) is 4.73. The van der Waals surface area contributed by atoms with Gasteiger partial charge < -0.3 is 0 Å². The zero-order chi connectivity index (χ0) is 7.73. The maximum atomic E-state index is 2.32. The first-order valence-corrected chi connectivity index (χ1v) is 5.35. The second-order valence-corrected chi connectivity index (χ2v) is 4.73. The van der Waals surface area contributed by atoms with Gasteiger partial charge >= 0.3 is 0 Å². The Morgan fingerprint density at radius 1 is 1.09 bits per heavy atom. The van der Waals surface area contributed by atoms with Crippen molar-refractivity contribution < 1.29 is 0 Å². The fourth-order valence-corrected chi connectivity index (χ4v) is 2.66. The predicted molar refractivity (Wildman–Crippen MR) is 48.5 cm³/mol. The molecular weight excluding hydrogens is 132 g/mol. The van der Waals surface area contributed by atoms with Gasteiger partial charge in [0.15, 0.2) is 0 Å². The summed E-state index contributed by atoms with van der Waals surface area (Å²) >= 11 is 0. The van der Waals surface area contributed by atoms with Crippen LogP contribution in [0.3, 0.4) is 0 Å². The largest absolute Gasteiger partial charge is 0.0654 e. The highest BCUT2D eigenvalue weighted by Gasteiger charge is 2.44. The molecule has 2 saturated carbocycles. The van der Waals surface area contributed by atoms with E-state index in [2.05, 4.69) is 6.92 Å². The van der Waals surface area contributed by atoms with E-state index in [9.17, 15) is 0 Å². The molecule has 2 aliphatic rings. The highest BCUT2D eigenvalue weighted by molar-refractivity contribution is 4.96. The molecule has 2 rings (SSSR count). The third-order valence-corrected chi connectivity index (χ3v) is 3.82. The fourth-order valence-electron chi connectivity index (χ4n) is 2.66. The zero-order valence-corrected chi connectivity index (χ0v) is 7.73. The number of hydrogen-bond acceptors (Lipinski definition) is 0. The van der Waals surface area contributed by atoms with Gasteiger partial charge in [-0.05, 0) is 49.9 Å². The molecule has 0 bridgehead atoms. The van der Waals surface area contributed by atoms with E-state index in [1.54, 1.807) is 38.5 Å². The Morgan fingerprint density at radius 2 is 1.73 bits per heavy atom. The molecule has 2 fully saturated rings. The second kappa shape index (κ2) is 2.80. The van der Waals surface area contributed by atoms with Gasteiger partial charge in [-0.25, -0.2) is 0 Å². The highest BCUT2D eigenvalue weighted by atomic mass is 14.5. The quantitative estimate of drug-likeness (QED) is 0.565. The molecule has 0 aromatic heterocycles. The lowest BCUT2D eigenvalue weighted by Crippen LogP contribution is -2.14. The van der Waals surface area contributed by atoms with Crippen LogP contribution in [-0.4, -0.2) is 0 Å². The van der Waals surface area contributed by atoms with Crippen LogP contribution in [0.2, 0.25) is 0 Å². The van der Waals surface area contributed by atoms with Crippen molar-refractivity contribution in [3.8, 4) is 0 Å². The van der Waals surface area contributed by atoms with E-state index in [0.29, 0.717) is 0 Å². The number of rotatable bonds is 2. The normalized spacial score (nSPS) is 29.2. The molecule has 64 valence electrons.